The van der Waals surface area contributed by atoms with E-state index in [0.717, 1.165) is 12.8 Å². The molecule has 16 heavy (non-hydrogen) atoms. The molecule has 2 heteroatoms. The minimum Gasteiger partial charge on any atom is -0.392 e. The van der Waals surface area contributed by atoms with Crippen LogP contribution in [0.4, 0.5) is 0 Å². The lowest BCUT2D eigenvalue weighted by Crippen LogP contribution is -2.22. The van der Waals surface area contributed by atoms with E-state index in [1.54, 1.807) is 0 Å². The fourth-order valence-corrected chi connectivity index (χ4v) is 2.21. The molecule has 0 heterocycles. The molecule has 1 aromatic carbocycles. The van der Waals surface area contributed by atoms with Crippen LogP contribution in [0.25, 0.3) is 0 Å². The predicted molar refractivity (Wildman–Crippen MR) is 68.6 cm³/mol. The first-order valence-electron chi connectivity index (χ1n) is 6.03. The Bertz CT molecular complexity index is 315. The fourth-order valence-electron chi connectivity index (χ4n) is 2.21. The molecule has 0 amide bonds. The first kappa shape index (κ1) is 13.2. The number of hydrogen-bond donors (Lipinski definition) is 2. The van der Waals surface area contributed by atoms with E-state index in [9.17, 15) is 5.11 Å². The summed E-state index contributed by atoms with van der Waals surface area (Å²) in [5, 5.41) is 9.63. The minimum absolute atomic E-state index is 0.349. The van der Waals surface area contributed by atoms with Gasteiger partial charge in [-0.25, -0.2) is 0 Å². The summed E-state index contributed by atoms with van der Waals surface area (Å²) >= 11 is 0. The van der Waals surface area contributed by atoms with Crippen molar-refractivity contribution >= 4 is 0 Å². The third-order valence-electron chi connectivity index (χ3n) is 3.04. The SMILES string of the molecule is CCC(CC(O)CN)c1cc(C)cc(C)c1. The van der Waals surface area contributed by atoms with Crippen molar-refractivity contribution in [1.82, 2.24) is 0 Å². The molecule has 3 N–H and O–H groups in total. The minimum atomic E-state index is -0.384. The maximum absolute atomic E-state index is 9.63. The van der Waals surface area contributed by atoms with Gasteiger partial charge in [0.05, 0.1) is 6.10 Å². The average Bonchev–Trinajstić information content (AvgIpc) is 2.24. The summed E-state index contributed by atoms with van der Waals surface area (Å²) in [4.78, 5) is 0. The van der Waals surface area contributed by atoms with Gasteiger partial charge in [-0.15, -0.1) is 0 Å². The second-order valence-electron chi connectivity index (χ2n) is 4.65. The van der Waals surface area contributed by atoms with Crippen LogP contribution < -0.4 is 5.73 Å². The molecule has 0 saturated heterocycles. The molecule has 0 aliphatic carbocycles. The summed E-state index contributed by atoms with van der Waals surface area (Å²) in [5.41, 5.74) is 9.36. The second kappa shape index (κ2) is 6.02. The van der Waals surface area contributed by atoms with Crippen LogP contribution in [-0.2, 0) is 0 Å². The van der Waals surface area contributed by atoms with E-state index < -0.39 is 0 Å². The molecule has 0 radical (unpaired) electrons. The molecule has 0 aliphatic rings. The van der Waals surface area contributed by atoms with Crippen LogP contribution in [0.2, 0.25) is 0 Å². The summed E-state index contributed by atoms with van der Waals surface area (Å²) in [6.07, 6.45) is 1.42. The number of nitrogens with two attached hydrogens (primary N) is 1. The van der Waals surface area contributed by atoms with Crippen LogP contribution >= 0.6 is 0 Å². The third-order valence-corrected chi connectivity index (χ3v) is 3.04. The van der Waals surface area contributed by atoms with Gasteiger partial charge in [-0.2, -0.15) is 0 Å². The highest BCUT2D eigenvalue weighted by Crippen LogP contribution is 2.26. The maximum atomic E-state index is 9.63. The topological polar surface area (TPSA) is 46.2 Å². The van der Waals surface area contributed by atoms with Crippen LogP contribution in [0.1, 0.15) is 42.4 Å². The van der Waals surface area contributed by atoms with E-state index in [0.29, 0.717) is 12.5 Å². The lowest BCUT2D eigenvalue weighted by Gasteiger charge is -2.19. The van der Waals surface area contributed by atoms with Gasteiger partial charge in [0.2, 0.25) is 0 Å². The zero-order valence-electron chi connectivity index (χ0n) is 10.5. The number of hydrogen-bond acceptors (Lipinski definition) is 2. The van der Waals surface area contributed by atoms with Gasteiger partial charge in [-0.3, -0.25) is 0 Å². The van der Waals surface area contributed by atoms with Crippen molar-refractivity contribution in [1.29, 1.82) is 0 Å². The largest absolute Gasteiger partial charge is 0.392 e. The van der Waals surface area contributed by atoms with Gasteiger partial charge in [0, 0.05) is 6.54 Å². The Morgan fingerprint density at radius 1 is 1.19 bits per heavy atom. The highest BCUT2D eigenvalue weighted by Gasteiger charge is 2.14. The molecule has 0 aromatic heterocycles. The average molecular weight is 221 g/mol. The highest BCUT2D eigenvalue weighted by molar-refractivity contribution is 5.31. The Labute approximate surface area is 98.5 Å². The van der Waals surface area contributed by atoms with Crippen LogP contribution in [0.3, 0.4) is 0 Å². The molecule has 0 bridgehead atoms. The van der Waals surface area contributed by atoms with Crippen molar-refractivity contribution in [2.24, 2.45) is 5.73 Å². The Kier molecular flexibility index (Phi) is 4.97. The quantitative estimate of drug-likeness (QED) is 0.802. The van der Waals surface area contributed by atoms with Crippen molar-refractivity contribution in [3.8, 4) is 0 Å². The zero-order valence-corrected chi connectivity index (χ0v) is 10.5. The molecular weight excluding hydrogens is 198 g/mol. The molecule has 2 atom stereocenters. The first-order valence-corrected chi connectivity index (χ1v) is 6.03. The Morgan fingerprint density at radius 2 is 1.75 bits per heavy atom. The van der Waals surface area contributed by atoms with Crippen LogP contribution in [0.5, 0.6) is 0 Å². The summed E-state index contributed by atoms with van der Waals surface area (Å²) in [6, 6.07) is 6.60. The van der Waals surface area contributed by atoms with Gasteiger partial charge < -0.3 is 10.8 Å². The first-order chi connectivity index (χ1) is 7.56. The molecule has 1 aromatic rings. The molecule has 0 spiro atoms. The van der Waals surface area contributed by atoms with Gasteiger partial charge in [0.1, 0.15) is 0 Å². The van der Waals surface area contributed by atoms with Gasteiger partial charge in [0.15, 0.2) is 0 Å². The van der Waals surface area contributed by atoms with Crippen LogP contribution in [0, 0.1) is 13.8 Å². The Morgan fingerprint density at radius 3 is 2.19 bits per heavy atom. The van der Waals surface area contributed by atoms with Gasteiger partial charge in [-0.1, -0.05) is 36.2 Å². The lowest BCUT2D eigenvalue weighted by atomic mass is 9.89. The van der Waals surface area contributed by atoms with Gasteiger partial charge >= 0.3 is 0 Å². The van der Waals surface area contributed by atoms with Crippen molar-refractivity contribution in [3.05, 3.63) is 34.9 Å². The molecule has 0 saturated carbocycles. The van der Waals surface area contributed by atoms with E-state index in [1.807, 2.05) is 0 Å². The number of rotatable bonds is 5. The van der Waals surface area contributed by atoms with Crippen molar-refractivity contribution in [2.75, 3.05) is 6.54 Å². The normalized spacial score (nSPS) is 14.8. The molecule has 2 nitrogen and oxygen atoms in total. The van der Waals surface area contributed by atoms with E-state index in [1.165, 1.54) is 16.7 Å². The smallest absolute Gasteiger partial charge is 0.0668 e. The Balaban J connectivity index is 2.86. The number of aliphatic hydroxyl groups is 1. The molecule has 2 unspecified atom stereocenters. The predicted octanol–water partition coefficient (Wildman–Crippen LogP) is 2.51. The number of aryl methyl sites for hydroxylation is 2. The molecule has 0 aliphatic heterocycles. The number of benzene rings is 1. The second-order valence-corrected chi connectivity index (χ2v) is 4.65. The molecular formula is C14H23NO. The van der Waals surface area contributed by atoms with Gasteiger partial charge in [0.25, 0.3) is 0 Å². The number of aliphatic hydroxyl groups excluding tert-OH is 1. The molecule has 0 fully saturated rings. The lowest BCUT2D eigenvalue weighted by molar-refractivity contribution is 0.162. The van der Waals surface area contributed by atoms with E-state index in [-0.39, 0.29) is 6.10 Å². The maximum Gasteiger partial charge on any atom is 0.0668 e. The summed E-state index contributed by atoms with van der Waals surface area (Å²) < 4.78 is 0. The molecule has 90 valence electrons. The van der Waals surface area contributed by atoms with Crippen molar-refractivity contribution in [3.63, 3.8) is 0 Å². The molecule has 1 rings (SSSR count). The van der Waals surface area contributed by atoms with E-state index >= 15 is 0 Å². The summed E-state index contributed by atoms with van der Waals surface area (Å²) in [6.45, 7) is 6.73. The monoisotopic (exact) mass is 221 g/mol. The zero-order chi connectivity index (χ0) is 12.1. The van der Waals surface area contributed by atoms with Gasteiger partial charge in [-0.05, 0) is 38.2 Å². The summed E-state index contributed by atoms with van der Waals surface area (Å²) in [5.74, 6) is 0.414. The van der Waals surface area contributed by atoms with Crippen molar-refractivity contribution in [2.45, 2.75) is 45.6 Å². The summed E-state index contributed by atoms with van der Waals surface area (Å²) in [7, 11) is 0. The van der Waals surface area contributed by atoms with Crippen molar-refractivity contribution < 1.29 is 5.11 Å². The van der Waals surface area contributed by atoms with Crippen LogP contribution in [0.15, 0.2) is 18.2 Å². The highest BCUT2D eigenvalue weighted by atomic mass is 16.3. The van der Waals surface area contributed by atoms with Crippen LogP contribution in [-0.4, -0.2) is 17.8 Å². The Hall–Kier alpha value is -0.860. The standard InChI is InChI=1S/C14H23NO/c1-4-12(8-14(16)9-15)13-6-10(2)5-11(3)7-13/h5-7,12,14,16H,4,8-9,15H2,1-3H3. The fraction of sp³-hybridized carbons (Fsp3) is 0.571. The third kappa shape index (κ3) is 3.62. The van der Waals surface area contributed by atoms with E-state index in [2.05, 4.69) is 39.0 Å². The van der Waals surface area contributed by atoms with E-state index in [4.69, 9.17) is 5.73 Å².